The highest BCUT2D eigenvalue weighted by molar-refractivity contribution is 4.86. The molecule has 1 heterocycles. The van der Waals surface area contributed by atoms with Crippen molar-refractivity contribution >= 4 is 0 Å². The van der Waals surface area contributed by atoms with Crippen LogP contribution in [0, 0.1) is 0 Å². The van der Waals surface area contributed by atoms with Crippen LogP contribution >= 0.6 is 0 Å². The Morgan fingerprint density at radius 1 is 1.05 bits per heavy atom. The molecule has 1 N–H and O–H groups in total. The van der Waals surface area contributed by atoms with Gasteiger partial charge in [-0.15, -0.1) is 0 Å². The van der Waals surface area contributed by atoms with Crippen molar-refractivity contribution in [1.29, 1.82) is 0 Å². The van der Waals surface area contributed by atoms with Crippen molar-refractivity contribution in [3.05, 3.63) is 0 Å². The standard InChI is InChI=1S/C15H29NO3/c1-18-11-4-12-19-13-7-9-16(10-8-13)14-5-2-3-6-15(14)17/h13-15,17H,2-12H2,1H3. The number of hydrogen-bond donors (Lipinski definition) is 1. The van der Waals surface area contributed by atoms with E-state index in [9.17, 15) is 5.11 Å². The molecule has 19 heavy (non-hydrogen) atoms. The Bertz CT molecular complexity index is 242. The number of rotatable bonds is 6. The van der Waals surface area contributed by atoms with Crippen LogP contribution in [0.4, 0.5) is 0 Å². The van der Waals surface area contributed by atoms with E-state index in [0.717, 1.165) is 52.0 Å². The van der Waals surface area contributed by atoms with Gasteiger partial charge in [-0.05, 0) is 32.1 Å². The molecule has 4 nitrogen and oxygen atoms in total. The molecular weight excluding hydrogens is 242 g/mol. The molecule has 1 aliphatic heterocycles. The van der Waals surface area contributed by atoms with E-state index < -0.39 is 0 Å². The number of aliphatic hydroxyl groups is 1. The van der Waals surface area contributed by atoms with Gasteiger partial charge < -0.3 is 14.6 Å². The van der Waals surface area contributed by atoms with Crippen molar-refractivity contribution in [2.24, 2.45) is 0 Å². The Morgan fingerprint density at radius 3 is 2.47 bits per heavy atom. The molecular formula is C15H29NO3. The van der Waals surface area contributed by atoms with E-state index in [1.807, 2.05) is 0 Å². The van der Waals surface area contributed by atoms with Crippen molar-refractivity contribution in [1.82, 2.24) is 4.90 Å². The lowest BCUT2D eigenvalue weighted by Crippen LogP contribution is -2.49. The molecule has 2 aliphatic rings. The minimum atomic E-state index is -0.104. The fourth-order valence-electron chi connectivity index (χ4n) is 3.34. The van der Waals surface area contributed by atoms with Gasteiger partial charge in [0.15, 0.2) is 0 Å². The highest BCUT2D eigenvalue weighted by atomic mass is 16.5. The zero-order valence-corrected chi connectivity index (χ0v) is 12.2. The van der Waals surface area contributed by atoms with Crippen LogP contribution < -0.4 is 0 Å². The molecule has 2 unspecified atom stereocenters. The second kappa shape index (κ2) is 8.20. The van der Waals surface area contributed by atoms with Crippen LogP contribution in [0.5, 0.6) is 0 Å². The third kappa shape index (κ3) is 4.71. The maximum absolute atomic E-state index is 10.1. The Morgan fingerprint density at radius 2 is 1.79 bits per heavy atom. The predicted octanol–water partition coefficient (Wildman–Crippen LogP) is 1.81. The van der Waals surface area contributed by atoms with E-state index in [2.05, 4.69) is 4.90 Å². The van der Waals surface area contributed by atoms with E-state index >= 15 is 0 Å². The average molecular weight is 271 g/mol. The average Bonchev–Trinajstić information content (AvgIpc) is 2.45. The van der Waals surface area contributed by atoms with Crippen LogP contribution in [0.3, 0.4) is 0 Å². The molecule has 0 aromatic rings. The van der Waals surface area contributed by atoms with Gasteiger partial charge in [-0.25, -0.2) is 0 Å². The van der Waals surface area contributed by atoms with Crippen LogP contribution in [0.25, 0.3) is 0 Å². The van der Waals surface area contributed by atoms with Crippen molar-refractivity contribution < 1.29 is 14.6 Å². The Hall–Kier alpha value is -0.160. The maximum atomic E-state index is 10.1. The molecule has 4 heteroatoms. The predicted molar refractivity (Wildman–Crippen MR) is 75.3 cm³/mol. The molecule has 1 saturated carbocycles. The van der Waals surface area contributed by atoms with E-state index in [1.165, 1.54) is 19.3 Å². The smallest absolute Gasteiger partial charge is 0.0695 e. The number of nitrogens with zero attached hydrogens (tertiary/aromatic N) is 1. The van der Waals surface area contributed by atoms with Gasteiger partial charge in [0, 0.05) is 39.5 Å². The van der Waals surface area contributed by atoms with Crippen molar-refractivity contribution in [3.63, 3.8) is 0 Å². The zero-order valence-electron chi connectivity index (χ0n) is 12.2. The largest absolute Gasteiger partial charge is 0.391 e. The summed E-state index contributed by atoms with van der Waals surface area (Å²) in [5, 5.41) is 10.1. The van der Waals surface area contributed by atoms with Crippen LogP contribution in [-0.4, -0.2) is 61.7 Å². The Balaban J connectivity index is 1.64. The number of aliphatic hydroxyl groups excluding tert-OH is 1. The molecule has 2 rings (SSSR count). The van der Waals surface area contributed by atoms with Gasteiger partial charge in [0.25, 0.3) is 0 Å². The number of likely N-dealkylation sites (tertiary alicyclic amines) is 1. The molecule has 0 amide bonds. The summed E-state index contributed by atoms with van der Waals surface area (Å²) in [6, 6.07) is 0.406. The molecule has 2 fully saturated rings. The summed E-state index contributed by atoms with van der Waals surface area (Å²) in [6.45, 7) is 3.75. The second-order valence-corrected chi connectivity index (χ2v) is 5.87. The molecule has 112 valence electrons. The fraction of sp³-hybridized carbons (Fsp3) is 1.00. The third-order valence-electron chi connectivity index (χ3n) is 4.49. The van der Waals surface area contributed by atoms with E-state index in [0.29, 0.717) is 12.1 Å². The van der Waals surface area contributed by atoms with Crippen LogP contribution in [0.15, 0.2) is 0 Å². The van der Waals surface area contributed by atoms with Gasteiger partial charge in [-0.3, -0.25) is 4.90 Å². The second-order valence-electron chi connectivity index (χ2n) is 5.87. The highest BCUT2D eigenvalue weighted by Crippen LogP contribution is 2.26. The molecule has 0 aromatic heterocycles. The quantitative estimate of drug-likeness (QED) is 0.748. The van der Waals surface area contributed by atoms with Crippen LogP contribution in [0.1, 0.15) is 44.9 Å². The number of methoxy groups -OCH3 is 1. The number of ether oxygens (including phenoxy) is 2. The lowest BCUT2D eigenvalue weighted by atomic mass is 9.90. The first-order valence-corrected chi connectivity index (χ1v) is 7.84. The Labute approximate surface area is 117 Å². The molecule has 0 radical (unpaired) electrons. The van der Waals surface area contributed by atoms with Gasteiger partial charge in [0.1, 0.15) is 0 Å². The lowest BCUT2D eigenvalue weighted by Gasteiger charge is -2.41. The minimum absolute atomic E-state index is 0.104. The van der Waals surface area contributed by atoms with Crippen molar-refractivity contribution in [2.45, 2.75) is 63.2 Å². The summed E-state index contributed by atoms with van der Waals surface area (Å²) in [4.78, 5) is 2.48. The van der Waals surface area contributed by atoms with E-state index in [1.54, 1.807) is 7.11 Å². The van der Waals surface area contributed by atoms with E-state index in [4.69, 9.17) is 9.47 Å². The normalized spacial score (nSPS) is 30.6. The first kappa shape index (κ1) is 15.2. The summed E-state index contributed by atoms with van der Waals surface area (Å²) in [5.74, 6) is 0. The molecule has 1 aliphatic carbocycles. The molecule has 1 saturated heterocycles. The Kier molecular flexibility index (Phi) is 6.57. The first-order chi connectivity index (χ1) is 9.31. The van der Waals surface area contributed by atoms with Crippen molar-refractivity contribution in [3.8, 4) is 0 Å². The van der Waals surface area contributed by atoms with Gasteiger partial charge in [-0.2, -0.15) is 0 Å². The summed E-state index contributed by atoms with van der Waals surface area (Å²) in [5.41, 5.74) is 0. The third-order valence-corrected chi connectivity index (χ3v) is 4.49. The first-order valence-electron chi connectivity index (χ1n) is 7.84. The van der Waals surface area contributed by atoms with Gasteiger partial charge in [0.05, 0.1) is 12.2 Å². The topological polar surface area (TPSA) is 41.9 Å². The van der Waals surface area contributed by atoms with Crippen LogP contribution in [-0.2, 0) is 9.47 Å². The summed E-state index contributed by atoms with van der Waals surface area (Å²) >= 11 is 0. The number of hydrogen-bond acceptors (Lipinski definition) is 4. The van der Waals surface area contributed by atoms with Gasteiger partial charge in [-0.1, -0.05) is 12.8 Å². The van der Waals surface area contributed by atoms with Crippen molar-refractivity contribution in [2.75, 3.05) is 33.4 Å². The maximum Gasteiger partial charge on any atom is 0.0695 e. The highest BCUT2D eigenvalue weighted by Gasteiger charge is 2.31. The molecule has 0 bridgehead atoms. The monoisotopic (exact) mass is 271 g/mol. The van der Waals surface area contributed by atoms with Crippen LogP contribution in [0.2, 0.25) is 0 Å². The van der Waals surface area contributed by atoms with Gasteiger partial charge in [0.2, 0.25) is 0 Å². The lowest BCUT2D eigenvalue weighted by molar-refractivity contribution is -0.0370. The fourth-order valence-corrected chi connectivity index (χ4v) is 3.34. The molecule has 0 spiro atoms. The molecule has 2 atom stereocenters. The zero-order chi connectivity index (χ0) is 13.5. The van der Waals surface area contributed by atoms with Gasteiger partial charge >= 0.3 is 0 Å². The SMILES string of the molecule is COCCCOC1CCN(C2CCCCC2O)CC1. The summed E-state index contributed by atoms with van der Waals surface area (Å²) in [7, 11) is 1.73. The molecule has 0 aromatic carbocycles. The minimum Gasteiger partial charge on any atom is -0.391 e. The summed E-state index contributed by atoms with van der Waals surface area (Å²) in [6.07, 6.45) is 8.12. The number of piperidine rings is 1. The summed E-state index contributed by atoms with van der Waals surface area (Å²) < 4.78 is 10.9. The van der Waals surface area contributed by atoms with E-state index in [-0.39, 0.29) is 6.10 Å².